The van der Waals surface area contributed by atoms with E-state index >= 15 is 0 Å². The summed E-state index contributed by atoms with van der Waals surface area (Å²) in [5.74, 6) is 0.106. The summed E-state index contributed by atoms with van der Waals surface area (Å²) >= 11 is 0. The predicted molar refractivity (Wildman–Crippen MR) is 35.4 cm³/mol. The van der Waals surface area contributed by atoms with Gasteiger partial charge in [0.05, 0.1) is 0 Å². The lowest BCUT2D eigenvalue weighted by molar-refractivity contribution is -0.124. The van der Waals surface area contributed by atoms with Gasteiger partial charge in [0.25, 0.3) is 0 Å². The van der Waals surface area contributed by atoms with E-state index in [9.17, 15) is 4.79 Å². The molecule has 1 rings (SSSR count). The fourth-order valence-corrected chi connectivity index (χ4v) is 0.899. The lowest BCUT2D eigenvalue weighted by atomic mass is 10.3. The van der Waals surface area contributed by atoms with Crippen molar-refractivity contribution in [2.24, 2.45) is 0 Å². The summed E-state index contributed by atoms with van der Waals surface area (Å²) in [5, 5.41) is 0. The van der Waals surface area contributed by atoms with Gasteiger partial charge in [-0.3, -0.25) is 9.69 Å². The van der Waals surface area contributed by atoms with Crippen LogP contribution < -0.4 is 0 Å². The first-order chi connectivity index (χ1) is 4.25. The van der Waals surface area contributed by atoms with Crippen LogP contribution in [0.1, 0.15) is 12.8 Å². The highest BCUT2D eigenvalue weighted by Crippen LogP contribution is 2.19. The minimum absolute atomic E-state index is 0.106. The average Bonchev–Trinajstić information content (AvgIpc) is 2.12. The third-order valence-corrected chi connectivity index (χ3v) is 1.42. The van der Waals surface area contributed by atoms with E-state index in [-0.39, 0.29) is 5.91 Å². The molecule has 0 spiro atoms. The van der Waals surface area contributed by atoms with Crippen molar-refractivity contribution in [1.29, 1.82) is 0 Å². The molecule has 1 fully saturated rings. The zero-order chi connectivity index (χ0) is 6.85. The van der Waals surface area contributed by atoms with Crippen LogP contribution in [0.3, 0.4) is 0 Å². The maximum atomic E-state index is 10.8. The molecular weight excluding hydrogens is 114 g/mol. The Bertz CT molecular complexity index is 156. The number of amides is 1. The van der Waals surface area contributed by atoms with Crippen molar-refractivity contribution < 1.29 is 4.79 Å². The minimum atomic E-state index is 0.106. The second-order valence-electron chi connectivity index (χ2n) is 2.01. The highest BCUT2D eigenvalue weighted by Gasteiger charge is 2.20. The average molecular weight is 123 g/mol. The summed E-state index contributed by atoms with van der Waals surface area (Å²) in [6.45, 7) is 7.18. The van der Waals surface area contributed by atoms with Gasteiger partial charge < -0.3 is 0 Å². The molecule has 1 amide bonds. The summed E-state index contributed by atoms with van der Waals surface area (Å²) in [6.07, 6.45) is 2.88. The number of carbonyl (C=O) groups is 1. The smallest absolute Gasteiger partial charge is 0.231 e. The molecule has 0 aromatic heterocycles. The number of likely N-dealkylation sites (tertiary alicyclic amines) is 1. The zero-order valence-electron chi connectivity index (χ0n) is 5.26. The van der Waals surface area contributed by atoms with Crippen LogP contribution in [0, 0.1) is 0 Å². The van der Waals surface area contributed by atoms with Gasteiger partial charge in [-0.25, -0.2) is 0 Å². The minimum Gasteiger partial charge on any atom is -0.293 e. The van der Waals surface area contributed by atoms with Crippen LogP contribution in [0.5, 0.6) is 0 Å². The van der Waals surface area contributed by atoms with Gasteiger partial charge in [-0.05, 0) is 6.42 Å². The number of carbonyl (C=O) groups excluding carboxylic acids is 1. The molecule has 0 unspecified atom stereocenters. The number of nitrogens with zero attached hydrogens (tertiary/aromatic N) is 1. The molecule has 2 heteroatoms. The Morgan fingerprint density at radius 1 is 1.56 bits per heavy atom. The van der Waals surface area contributed by atoms with Crippen molar-refractivity contribution in [2.45, 2.75) is 12.8 Å². The molecule has 0 atom stereocenters. The molecule has 1 heterocycles. The van der Waals surface area contributed by atoms with E-state index in [0.29, 0.717) is 6.42 Å². The first-order valence-corrected chi connectivity index (χ1v) is 2.88. The maximum Gasteiger partial charge on any atom is 0.231 e. The molecular formula is C7H9NO. The molecule has 1 aliphatic rings. The largest absolute Gasteiger partial charge is 0.293 e. The third kappa shape index (κ3) is 0.875. The summed E-state index contributed by atoms with van der Waals surface area (Å²) in [4.78, 5) is 12.3. The van der Waals surface area contributed by atoms with Gasteiger partial charge in [0, 0.05) is 18.3 Å². The first kappa shape index (κ1) is 6.08. The van der Waals surface area contributed by atoms with Gasteiger partial charge in [0.15, 0.2) is 0 Å². The van der Waals surface area contributed by atoms with E-state index in [2.05, 4.69) is 13.2 Å². The van der Waals surface area contributed by atoms with E-state index in [0.717, 1.165) is 12.1 Å². The molecule has 0 bridgehead atoms. The van der Waals surface area contributed by atoms with E-state index in [4.69, 9.17) is 0 Å². The topological polar surface area (TPSA) is 20.3 Å². The van der Waals surface area contributed by atoms with Gasteiger partial charge in [-0.1, -0.05) is 13.2 Å². The Kier molecular flexibility index (Phi) is 1.39. The molecule has 0 saturated carbocycles. The Morgan fingerprint density at radius 3 is 2.44 bits per heavy atom. The molecule has 1 aliphatic heterocycles. The summed E-state index contributed by atoms with van der Waals surface area (Å²) in [5.41, 5.74) is 0.856. The van der Waals surface area contributed by atoms with Gasteiger partial charge in [-0.2, -0.15) is 0 Å². The molecule has 0 aliphatic carbocycles. The van der Waals surface area contributed by atoms with Crippen LogP contribution in [0.2, 0.25) is 0 Å². The summed E-state index contributed by atoms with van der Waals surface area (Å²) in [7, 11) is 0. The maximum absolute atomic E-state index is 10.8. The predicted octanol–water partition coefficient (Wildman–Crippen LogP) is 1.27. The second kappa shape index (κ2) is 2.05. The molecule has 0 aromatic rings. The van der Waals surface area contributed by atoms with Gasteiger partial charge in [0.2, 0.25) is 5.91 Å². The number of hydrogen-bond acceptors (Lipinski definition) is 1. The van der Waals surface area contributed by atoms with E-state index in [1.54, 1.807) is 0 Å². The standard InChI is InChI=1S/C7H9NO/c1-3-8-6(2)4-5-7(8)9/h3H,1-2,4-5H2. The number of hydrogen-bond donors (Lipinski definition) is 0. The van der Waals surface area contributed by atoms with Crippen molar-refractivity contribution >= 4 is 5.91 Å². The van der Waals surface area contributed by atoms with Crippen LogP contribution in [0.4, 0.5) is 0 Å². The molecule has 0 radical (unpaired) electrons. The summed E-state index contributed by atoms with van der Waals surface area (Å²) < 4.78 is 0. The van der Waals surface area contributed by atoms with E-state index < -0.39 is 0 Å². The van der Waals surface area contributed by atoms with Gasteiger partial charge in [-0.15, -0.1) is 0 Å². The van der Waals surface area contributed by atoms with Crippen LogP contribution in [-0.4, -0.2) is 10.8 Å². The van der Waals surface area contributed by atoms with Crippen molar-refractivity contribution in [3.8, 4) is 0 Å². The number of allylic oxidation sites excluding steroid dienone is 1. The van der Waals surface area contributed by atoms with Crippen LogP contribution in [-0.2, 0) is 4.79 Å². The molecule has 0 N–H and O–H groups in total. The Hall–Kier alpha value is -1.05. The van der Waals surface area contributed by atoms with Crippen LogP contribution >= 0.6 is 0 Å². The lowest BCUT2D eigenvalue weighted by Gasteiger charge is -2.08. The van der Waals surface area contributed by atoms with E-state index in [1.807, 2.05) is 0 Å². The Labute approximate surface area is 54.5 Å². The van der Waals surface area contributed by atoms with Crippen molar-refractivity contribution in [3.05, 3.63) is 25.1 Å². The lowest BCUT2D eigenvalue weighted by Crippen LogP contribution is -2.14. The molecule has 2 nitrogen and oxygen atoms in total. The van der Waals surface area contributed by atoms with Crippen molar-refractivity contribution in [1.82, 2.24) is 4.90 Å². The van der Waals surface area contributed by atoms with Gasteiger partial charge >= 0.3 is 0 Å². The van der Waals surface area contributed by atoms with Crippen LogP contribution in [0.25, 0.3) is 0 Å². The van der Waals surface area contributed by atoms with Crippen LogP contribution in [0.15, 0.2) is 25.1 Å². The fourth-order valence-electron chi connectivity index (χ4n) is 0.899. The highest BCUT2D eigenvalue weighted by molar-refractivity contribution is 5.82. The quantitative estimate of drug-likeness (QED) is 0.514. The Morgan fingerprint density at radius 2 is 2.22 bits per heavy atom. The fraction of sp³-hybridized carbons (Fsp3) is 0.286. The number of rotatable bonds is 1. The second-order valence-corrected chi connectivity index (χ2v) is 2.01. The molecule has 9 heavy (non-hydrogen) atoms. The third-order valence-electron chi connectivity index (χ3n) is 1.42. The van der Waals surface area contributed by atoms with E-state index in [1.165, 1.54) is 11.1 Å². The normalized spacial score (nSPS) is 18.9. The molecule has 48 valence electrons. The molecule has 0 aromatic carbocycles. The zero-order valence-corrected chi connectivity index (χ0v) is 5.26. The monoisotopic (exact) mass is 123 g/mol. The van der Waals surface area contributed by atoms with Crippen molar-refractivity contribution in [2.75, 3.05) is 0 Å². The summed E-state index contributed by atoms with van der Waals surface area (Å²) in [6, 6.07) is 0. The molecule has 1 saturated heterocycles. The van der Waals surface area contributed by atoms with Crippen molar-refractivity contribution in [3.63, 3.8) is 0 Å². The SMILES string of the molecule is C=CN1C(=C)CCC1=O. The first-order valence-electron chi connectivity index (χ1n) is 2.88. The van der Waals surface area contributed by atoms with Gasteiger partial charge in [0.1, 0.15) is 0 Å². The highest BCUT2D eigenvalue weighted by atomic mass is 16.2. The Balaban J connectivity index is 2.77.